The van der Waals surface area contributed by atoms with Crippen molar-refractivity contribution in [1.29, 1.82) is 0 Å². The molecule has 0 radical (unpaired) electrons. The summed E-state index contributed by atoms with van der Waals surface area (Å²) in [5, 5.41) is 0. The molecule has 0 heterocycles. The lowest BCUT2D eigenvalue weighted by Crippen LogP contribution is -1.92. The first-order chi connectivity index (χ1) is 10.8. The van der Waals surface area contributed by atoms with Crippen LogP contribution in [0.5, 0.6) is 11.5 Å². The highest BCUT2D eigenvalue weighted by Crippen LogP contribution is 2.33. The van der Waals surface area contributed by atoms with Crippen LogP contribution in [0.3, 0.4) is 0 Å². The number of hydrogen-bond donors (Lipinski definition) is 0. The van der Waals surface area contributed by atoms with Gasteiger partial charge >= 0.3 is 0 Å². The zero-order valence-corrected chi connectivity index (χ0v) is 14.9. The van der Waals surface area contributed by atoms with Gasteiger partial charge in [0.05, 0.1) is 4.47 Å². The summed E-state index contributed by atoms with van der Waals surface area (Å²) < 4.78 is 7.05. The summed E-state index contributed by atoms with van der Waals surface area (Å²) in [4.78, 5) is 0. The molecule has 2 aromatic carbocycles. The van der Waals surface area contributed by atoms with Crippen molar-refractivity contribution >= 4 is 15.9 Å². The summed E-state index contributed by atoms with van der Waals surface area (Å²) >= 11 is 3.71. The standard InChI is InChI=1S/C20H25BrO/c1-2-3-4-5-6-8-12-17-13-11-16-19(20(17)21)22-18-14-9-7-10-15-18/h7,9-11,13-16H,2-6,8,12H2,1H3. The Hall–Kier alpha value is -1.28. The average Bonchev–Trinajstić information content (AvgIpc) is 2.55. The number of ether oxygens (including phenoxy) is 1. The monoisotopic (exact) mass is 360 g/mol. The molecular formula is C20H25BrO. The number of para-hydroxylation sites is 1. The van der Waals surface area contributed by atoms with Crippen LogP contribution in [0, 0.1) is 0 Å². The Morgan fingerprint density at radius 2 is 1.55 bits per heavy atom. The maximum atomic E-state index is 5.96. The highest BCUT2D eigenvalue weighted by molar-refractivity contribution is 9.10. The Morgan fingerprint density at radius 3 is 2.32 bits per heavy atom. The number of hydrogen-bond acceptors (Lipinski definition) is 1. The SMILES string of the molecule is CCCCCCCCc1cccc(Oc2ccccc2)c1Br. The molecule has 2 aromatic rings. The minimum atomic E-state index is 0.875. The van der Waals surface area contributed by atoms with E-state index in [9.17, 15) is 0 Å². The smallest absolute Gasteiger partial charge is 0.141 e. The zero-order chi connectivity index (χ0) is 15.6. The molecule has 0 amide bonds. The first-order valence-electron chi connectivity index (χ1n) is 8.31. The van der Waals surface area contributed by atoms with Gasteiger partial charge in [0.1, 0.15) is 11.5 Å². The van der Waals surface area contributed by atoms with Gasteiger partial charge in [-0.2, -0.15) is 0 Å². The van der Waals surface area contributed by atoms with E-state index < -0.39 is 0 Å². The summed E-state index contributed by atoms with van der Waals surface area (Å²) in [5.41, 5.74) is 1.34. The zero-order valence-electron chi connectivity index (χ0n) is 13.4. The van der Waals surface area contributed by atoms with Crippen molar-refractivity contribution in [3.8, 4) is 11.5 Å². The third kappa shape index (κ3) is 5.49. The maximum absolute atomic E-state index is 5.96. The average molecular weight is 361 g/mol. The predicted molar refractivity (Wildman–Crippen MR) is 97.7 cm³/mol. The van der Waals surface area contributed by atoms with Crippen LogP contribution in [-0.4, -0.2) is 0 Å². The van der Waals surface area contributed by atoms with E-state index in [4.69, 9.17) is 4.74 Å². The lowest BCUT2D eigenvalue weighted by molar-refractivity contribution is 0.478. The molecule has 0 atom stereocenters. The number of benzene rings is 2. The molecule has 0 aliphatic heterocycles. The van der Waals surface area contributed by atoms with E-state index in [-0.39, 0.29) is 0 Å². The van der Waals surface area contributed by atoms with Crippen molar-refractivity contribution < 1.29 is 4.74 Å². The molecule has 0 saturated heterocycles. The number of aryl methyl sites for hydroxylation is 1. The first kappa shape index (κ1) is 17.1. The molecule has 2 heteroatoms. The fourth-order valence-electron chi connectivity index (χ4n) is 2.54. The first-order valence-corrected chi connectivity index (χ1v) is 9.11. The van der Waals surface area contributed by atoms with E-state index in [0.29, 0.717) is 0 Å². The fourth-order valence-corrected chi connectivity index (χ4v) is 3.08. The Kier molecular flexibility index (Phi) is 7.51. The third-order valence-corrected chi connectivity index (χ3v) is 4.71. The van der Waals surface area contributed by atoms with Gasteiger partial charge < -0.3 is 4.74 Å². The summed E-state index contributed by atoms with van der Waals surface area (Å²) in [7, 11) is 0. The van der Waals surface area contributed by atoms with Crippen molar-refractivity contribution in [3.63, 3.8) is 0 Å². The van der Waals surface area contributed by atoms with Crippen LogP contribution in [0.1, 0.15) is 51.0 Å². The summed E-state index contributed by atoms with van der Waals surface area (Å²) in [6, 6.07) is 16.2. The largest absolute Gasteiger partial charge is 0.456 e. The van der Waals surface area contributed by atoms with Gasteiger partial charge in [-0.3, -0.25) is 0 Å². The number of unbranched alkanes of at least 4 members (excludes halogenated alkanes) is 5. The van der Waals surface area contributed by atoms with Crippen molar-refractivity contribution in [3.05, 3.63) is 58.6 Å². The van der Waals surface area contributed by atoms with E-state index in [0.717, 1.165) is 22.4 Å². The molecule has 0 saturated carbocycles. The van der Waals surface area contributed by atoms with Gasteiger partial charge in [0.25, 0.3) is 0 Å². The second-order valence-electron chi connectivity index (χ2n) is 5.66. The van der Waals surface area contributed by atoms with Gasteiger partial charge in [0, 0.05) is 0 Å². The van der Waals surface area contributed by atoms with Gasteiger partial charge in [0.2, 0.25) is 0 Å². The summed E-state index contributed by atoms with van der Waals surface area (Å²) in [5.74, 6) is 1.77. The van der Waals surface area contributed by atoms with Gasteiger partial charge in [-0.25, -0.2) is 0 Å². The molecule has 118 valence electrons. The highest BCUT2D eigenvalue weighted by Gasteiger charge is 2.07. The minimum Gasteiger partial charge on any atom is -0.456 e. The van der Waals surface area contributed by atoms with Crippen LogP contribution in [0.25, 0.3) is 0 Å². The van der Waals surface area contributed by atoms with Crippen molar-refractivity contribution in [2.75, 3.05) is 0 Å². The minimum absolute atomic E-state index is 0.875. The molecule has 0 unspecified atom stereocenters. The van der Waals surface area contributed by atoms with E-state index in [1.54, 1.807) is 0 Å². The van der Waals surface area contributed by atoms with Crippen molar-refractivity contribution in [2.24, 2.45) is 0 Å². The lowest BCUT2D eigenvalue weighted by atomic mass is 10.0. The van der Waals surface area contributed by atoms with Gasteiger partial charge in [-0.15, -0.1) is 0 Å². The van der Waals surface area contributed by atoms with Crippen molar-refractivity contribution in [2.45, 2.75) is 51.9 Å². The molecule has 22 heavy (non-hydrogen) atoms. The molecule has 1 nitrogen and oxygen atoms in total. The Bertz CT molecular complexity index is 551. The van der Waals surface area contributed by atoms with Crippen LogP contribution in [0.2, 0.25) is 0 Å². The highest BCUT2D eigenvalue weighted by atomic mass is 79.9. The van der Waals surface area contributed by atoms with Gasteiger partial charge in [-0.1, -0.05) is 69.4 Å². The Balaban J connectivity index is 1.89. The lowest BCUT2D eigenvalue weighted by Gasteiger charge is -2.11. The molecule has 0 bridgehead atoms. The Labute approximate surface area is 142 Å². The van der Waals surface area contributed by atoms with Crippen LogP contribution in [0.4, 0.5) is 0 Å². The number of halogens is 1. The van der Waals surface area contributed by atoms with Crippen LogP contribution >= 0.6 is 15.9 Å². The van der Waals surface area contributed by atoms with E-state index in [1.807, 2.05) is 36.4 Å². The van der Waals surface area contributed by atoms with E-state index >= 15 is 0 Å². The predicted octanol–water partition coefficient (Wildman–Crippen LogP) is 7.14. The van der Waals surface area contributed by atoms with E-state index in [2.05, 4.69) is 35.0 Å². The molecule has 0 spiro atoms. The van der Waals surface area contributed by atoms with Crippen LogP contribution in [0.15, 0.2) is 53.0 Å². The topological polar surface area (TPSA) is 9.23 Å². The van der Waals surface area contributed by atoms with Gasteiger partial charge in [-0.05, 0) is 52.5 Å². The molecule has 0 N–H and O–H groups in total. The molecule has 0 aromatic heterocycles. The quantitative estimate of drug-likeness (QED) is 0.431. The normalized spacial score (nSPS) is 10.6. The second kappa shape index (κ2) is 9.68. The molecule has 2 rings (SSSR count). The van der Waals surface area contributed by atoms with E-state index in [1.165, 1.54) is 44.1 Å². The molecule has 0 aliphatic rings. The van der Waals surface area contributed by atoms with Crippen LogP contribution in [-0.2, 0) is 6.42 Å². The molecule has 0 fully saturated rings. The van der Waals surface area contributed by atoms with Crippen LogP contribution < -0.4 is 4.74 Å². The molecule has 0 aliphatic carbocycles. The fraction of sp³-hybridized carbons (Fsp3) is 0.400. The Morgan fingerprint density at radius 1 is 0.818 bits per heavy atom. The van der Waals surface area contributed by atoms with Gasteiger partial charge in [0.15, 0.2) is 0 Å². The maximum Gasteiger partial charge on any atom is 0.141 e. The van der Waals surface area contributed by atoms with Crippen molar-refractivity contribution in [1.82, 2.24) is 0 Å². The summed E-state index contributed by atoms with van der Waals surface area (Å²) in [6.07, 6.45) is 9.07. The molecular weight excluding hydrogens is 336 g/mol. The second-order valence-corrected chi connectivity index (χ2v) is 6.46. The summed E-state index contributed by atoms with van der Waals surface area (Å²) in [6.45, 7) is 2.26. The third-order valence-electron chi connectivity index (χ3n) is 3.81. The number of rotatable bonds is 9.